The molecule has 6 heteroatoms. The van der Waals surface area contributed by atoms with Crippen LogP contribution in [-0.4, -0.2) is 35.6 Å². The minimum Gasteiger partial charge on any atom is -0.353 e. The molecule has 1 aliphatic rings. The van der Waals surface area contributed by atoms with Gasteiger partial charge in [0, 0.05) is 25.4 Å². The number of hydrogen-bond acceptors (Lipinski definition) is 6. The molecule has 2 unspecified atom stereocenters. The summed E-state index contributed by atoms with van der Waals surface area (Å²) in [5.41, 5.74) is 5.88. The van der Waals surface area contributed by atoms with Gasteiger partial charge in [-0.2, -0.15) is 0 Å². The highest BCUT2D eigenvalue weighted by Crippen LogP contribution is 2.36. The molecule has 0 amide bonds. The Morgan fingerprint density at radius 2 is 2.20 bits per heavy atom. The van der Waals surface area contributed by atoms with E-state index >= 15 is 0 Å². The van der Waals surface area contributed by atoms with Crippen LogP contribution in [0.25, 0.3) is 0 Å². The van der Waals surface area contributed by atoms with Gasteiger partial charge >= 0.3 is 0 Å². The van der Waals surface area contributed by atoms with E-state index in [0.29, 0.717) is 11.3 Å². The first-order chi connectivity index (χ1) is 7.15. The van der Waals surface area contributed by atoms with Crippen molar-refractivity contribution in [3.05, 3.63) is 0 Å². The molecule has 84 valence electrons. The van der Waals surface area contributed by atoms with Gasteiger partial charge in [0.1, 0.15) is 0 Å². The van der Waals surface area contributed by atoms with Crippen LogP contribution in [-0.2, 0) is 0 Å². The number of anilines is 1. The van der Waals surface area contributed by atoms with E-state index in [-0.39, 0.29) is 0 Å². The lowest BCUT2D eigenvalue weighted by Gasteiger charge is -2.05. The molecule has 1 heterocycles. The van der Waals surface area contributed by atoms with Crippen LogP contribution < -0.4 is 10.6 Å². The van der Waals surface area contributed by atoms with Crippen molar-refractivity contribution >= 4 is 28.2 Å². The van der Waals surface area contributed by atoms with E-state index < -0.39 is 0 Å². The first kappa shape index (κ1) is 11.2. The molecule has 1 saturated carbocycles. The van der Waals surface area contributed by atoms with Gasteiger partial charge in [-0.3, -0.25) is 0 Å². The Balaban J connectivity index is 1.93. The fourth-order valence-electron chi connectivity index (χ4n) is 1.65. The Kier molecular flexibility index (Phi) is 3.48. The van der Waals surface area contributed by atoms with Crippen molar-refractivity contribution in [1.82, 2.24) is 10.2 Å². The molecule has 2 rings (SSSR count). The zero-order chi connectivity index (χ0) is 10.8. The van der Waals surface area contributed by atoms with Crippen molar-refractivity contribution in [3.8, 4) is 0 Å². The van der Waals surface area contributed by atoms with Gasteiger partial charge in [0.2, 0.25) is 5.13 Å². The zero-order valence-electron chi connectivity index (χ0n) is 9.01. The number of aromatic nitrogens is 2. The van der Waals surface area contributed by atoms with Gasteiger partial charge in [0.15, 0.2) is 4.34 Å². The molecule has 1 aromatic rings. The minimum atomic E-state index is 0.392. The average molecular weight is 244 g/mol. The van der Waals surface area contributed by atoms with Crippen molar-refractivity contribution in [3.63, 3.8) is 0 Å². The van der Waals surface area contributed by atoms with Crippen LogP contribution in [0, 0.1) is 0 Å². The highest BCUT2D eigenvalue weighted by atomic mass is 32.2. The maximum atomic E-state index is 5.88. The second-order valence-electron chi connectivity index (χ2n) is 4.06. The molecule has 0 bridgehead atoms. The van der Waals surface area contributed by atoms with E-state index in [1.54, 1.807) is 11.3 Å². The van der Waals surface area contributed by atoms with E-state index in [2.05, 4.69) is 10.2 Å². The summed E-state index contributed by atoms with van der Waals surface area (Å²) in [5.74, 6) is 0. The van der Waals surface area contributed by atoms with Crippen LogP contribution in [0.5, 0.6) is 0 Å². The van der Waals surface area contributed by atoms with Crippen LogP contribution in [0.3, 0.4) is 0 Å². The lowest BCUT2D eigenvalue weighted by atomic mass is 10.3. The smallest absolute Gasteiger partial charge is 0.208 e. The van der Waals surface area contributed by atoms with E-state index in [0.717, 1.165) is 22.3 Å². The van der Waals surface area contributed by atoms with Crippen molar-refractivity contribution in [2.24, 2.45) is 5.73 Å². The van der Waals surface area contributed by atoms with Crippen LogP contribution in [0.4, 0.5) is 5.13 Å². The van der Waals surface area contributed by atoms with E-state index in [9.17, 15) is 0 Å². The van der Waals surface area contributed by atoms with Gasteiger partial charge in [-0.1, -0.05) is 23.1 Å². The molecule has 15 heavy (non-hydrogen) atoms. The number of rotatable bonds is 3. The third kappa shape index (κ3) is 2.83. The molecular formula is C9H16N4S2. The molecule has 0 saturated heterocycles. The minimum absolute atomic E-state index is 0.392. The summed E-state index contributed by atoms with van der Waals surface area (Å²) in [6.45, 7) is 0. The van der Waals surface area contributed by atoms with Crippen molar-refractivity contribution in [2.75, 3.05) is 19.0 Å². The van der Waals surface area contributed by atoms with Gasteiger partial charge in [0.25, 0.3) is 0 Å². The largest absolute Gasteiger partial charge is 0.353 e. The van der Waals surface area contributed by atoms with Gasteiger partial charge in [-0.15, -0.1) is 10.2 Å². The lowest BCUT2D eigenvalue weighted by molar-refractivity contribution is 0.706. The third-order valence-corrected chi connectivity index (χ3v) is 4.94. The van der Waals surface area contributed by atoms with Crippen molar-refractivity contribution in [2.45, 2.75) is 34.9 Å². The highest BCUT2D eigenvalue weighted by Gasteiger charge is 2.23. The molecule has 0 aliphatic heterocycles. The Morgan fingerprint density at radius 1 is 1.40 bits per heavy atom. The molecule has 2 atom stereocenters. The molecule has 0 spiro atoms. The zero-order valence-corrected chi connectivity index (χ0v) is 10.6. The summed E-state index contributed by atoms with van der Waals surface area (Å²) >= 11 is 3.49. The third-order valence-electron chi connectivity index (χ3n) is 2.47. The predicted molar refractivity (Wildman–Crippen MR) is 65.7 cm³/mol. The Morgan fingerprint density at radius 3 is 2.73 bits per heavy atom. The molecule has 0 radical (unpaired) electrons. The van der Waals surface area contributed by atoms with Crippen molar-refractivity contribution in [1.29, 1.82) is 0 Å². The molecule has 1 fully saturated rings. The second-order valence-corrected chi connectivity index (χ2v) is 6.56. The lowest BCUT2D eigenvalue weighted by Crippen LogP contribution is -2.15. The highest BCUT2D eigenvalue weighted by molar-refractivity contribution is 8.01. The van der Waals surface area contributed by atoms with Crippen LogP contribution in [0.2, 0.25) is 0 Å². The monoisotopic (exact) mass is 244 g/mol. The summed E-state index contributed by atoms with van der Waals surface area (Å²) in [6.07, 6.45) is 3.47. The standard InChI is InChI=1S/C9H16N4S2/c1-13(2)8-11-12-9(15-8)14-7-4-3-6(10)5-7/h6-7H,3-5,10H2,1-2H3. The van der Waals surface area contributed by atoms with Gasteiger partial charge < -0.3 is 10.6 Å². The van der Waals surface area contributed by atoms with E-state index in [4.69, 9.17) is 5.73 Å². The molecular weight excluding hydrogens is 228 g/mol. The first-order valence-corrected chi connectivity index (χ1v) is 6.78. The Hall–Kier alpha value is -0.330. The summed E-state index contributed by atoms with van der Waals surface area (Å²) in [5, 5.41) is 9.91. The normalized spacial score (nSPS) is 25.8. The molecule has 1 aromatic heterocycles. The maximum absolute atomic E-state index is 5.88. The molecule has 2 N–H and O–H groups in total. The molecule has 4 nitrogen and oxygen atoms in total. The number of hydrogen-bond donors (Lipinski definition) is 1. The topological polar surface area (TPSA) is 55.0 Å². The summed E-state index contributed by atoms with van der Waals surface area (Å²) in [7, 11) is 3.97. The number of nitrogens with zero attached hydrogens (tertiary/aromatic N) is 3. The van der Waals surface area contributed by atoms with E-state index in [1.165, 1.54) is 6.42 Å². The van der Waals surface area contributed by atoms with Crippen LogP contribution >= 0.6 is 23.1 Å². The average Bonchev–Trinajstić information content (AvgIpc) is 2.76. The predicted octanol–water partition coefficient (Wildman–Crippen LogP) is 1.58. The summed E-state index contributed by atoms with van der Waals surface area (Å²) in [4.78, 5) is 1.99. The SMILES string of the molecule is CN(C)c1nnc(SC2CCC(N)C2)s1. The maximum Gasteiger partial charge on any atom is 0.208 e. The Bertz CT molecular complexity index is 326. The van der Waals surface area contributed by atoms with Crippen LogP contribution in [0.15, 0.2) is 4.34 Å². The fourth-order valence-corrected chi connectivity index (χ4v) is 3.95. The fraction of sp³-hybridized carbons (Fsp3) is 0.778. The summed E-state index contributed by atoms with van der Waals surface area (Å²) < 4.78 is 1.07. The second kappa shape index (κ2) is 4.67. The number of thioether (sulfide) groups is 1. The van der Waals surface area contributed by atoms with Gasteiger partial charge in [-0.25, -0.2) is 0 Å². The van der Waals surface area contributed by atoms with Gasteiger partial charge in [0.05, 0.1) is 0 Å². The molecule has 1 aliphatic carbocycles. The van der Waals surface area contributed by atoms with E-state index in [1.807, 2.05) is 30.8 Å². The quantitative estimate of drug-likeness (QED) is 0.875. The number of nitrogens with two attached hydrogens (primary N) is 1. The first-order valence-electron chi connectivity index (χ1n) is 5.08. The van der Waals surface area contributed by atoms with Crippen molar-refractivity contribution < 1.29 is 0 Å². The molecule has 0 aromatic carbocycles. The Labute approximate surface area is 98.3 Å². The summed E-state index contributed by atoms with van der Waals surface area (Å²) in [6, 6.07) is 0.392. The van der Waals surface area contributed by atoms with Gasteiger partial charge in [-0.05, 0) is 19.3 Å². The van der Waals surface area contributed by atoms with Crippen LogP contribution in [0.1, 0.15) is 19.3 Å².